The predicted molar refractivity (Wildman–Crippen MR) is 72.4 cm³/mol. The van der Waals surface area contributed by atoms with Crippen molar-refractivity contribution in [3.05, 3.63) is 0 Å². The minimum atomic E-state index is -0.494. The summed E-state index contributed by atoms with van der Waals surface area (Å²) in [6.07, 6.45) is 4.48. The molecule has 0 bridgehead atoms. The van der Waals surface area contributed by atoms with Gasteiger partial charge in [-0.3, -0.25) is 4.79 Å². The van der Waals surface area contributed by atoms with E-state index in [4.69, 9.17) is 0 Å². The molecule has 2 aliphatic rings. The van der Waals surface area contributed by atoms with Crippen LogP contribution in [-0.2, 0) is 4.79 Å². The topological polar surface area (TPSA) is 40.5 Å². The van der Waals surface area contributed by atoms with Crippen molar-refractivity contribution in [1.82, 2.24) is 4.90 Å². The standard InChI is InChI=1S/C15H27NO2/c1-14(2)5-4-13(17)12(10-14)11-16-8-6-15(3,18)7-9-16/h12,18H,4-11H2,1-3H3. The molecule has 1 heterocycles. The molecule has 104 valence electrons. The maximum atomic E-state index is 12.0. The van der Waals surface area contributed by atoms with E-state index in [0.717, 1.165) is 51.7 Å². The van der Waals surface area contributed by atoms with E-state index in [1.165, 1.54) is 0 Å². The summed E-state index contributed by atoms with van der Waals surface area (Å²) >= 11 is 0. The van der Waals surface area contributed by atoms with Crippen LogP contribution < -0.4 is 0 Å². The van der Waals surface area contributed by atoms with Crippen molar-refractivity contribution in [1.29, 1.82) is 0 Å². The molecule has 2 fully saturated rings. The molecule has 0 radical (unpaired) electrons. The number of ketones is 1. The summed E-state index contributed by atoms with van der Waals surface area (Å²) in [5.74, 6) is 0.670. The molecule has 1 saturated carbocycles. The summed E-state index contributed by atoms with van der Waals surface area (Å²) in [6.45, 7) is 9.22. The monoisotopic (exact) mass is 253 g/mol. The largest absolute Gasteiger partial charge is 0.390 e. The molecule has 2 rings (SSSR count). The van der Waals surface area contributed by atoms with Gasteiger partial charge < -0.3 is 10.0 Å². The molecule has 1 unspecified atom stereocenters. The molecular formula is C15H27NO2. The third-order valence-electron chi connectivity index (χ3n) is 4.71. The Labute approximate surface area is 111 Å². The van der Waals surface area contributed by atoms with Crippen LogP contribution in [0.3, 0.4) is 0 Å². The first-order valence-electron chi connectivity index (χ1n) is 7.25. The van der Waals surface area contributed by atoms with Crippen molar-refractivity contribution in [3.8, 4) is 0 Å². The SMILES string of the molecule is CC1(C)CCC(=O)C(CN2CCC(C)(O)CC2)C1. The second-order valence-corrected chi connectivity index (χ2v) is 7.33. The van der Waals surface area contributed by atoms with E-state index in [2.05, 4.69) is 18.7 Å². The van der Waals surface area contributed by atoms with Crippen molar-refractivity contribution < 1.29 is 9.90 Å². The lowest BCUT2D eigenvalue weighted by Gasteiger charge is -2.40. The van der Waals surface area contributed by atoms with Crippen LogP contribution >= 0.6 is 0 Å². The van der Waals surface area contributed by atoms with E-state index in [-0.39, 0.29) is 5.92 Å². The maximum absolute atomic E-state index is 12.0. The maximum Gasteiger partial charge on any atom is 0.137 e. The highest BCUT2D eigenvalue weighted by Crippen LogP contribution is 2.37. The fourth-order valence-corrected chi connectivity index (χ4v) is 3.24. The summed E-state index contributed by atoms with van der Waals surface area (Å²) < 4.78 is 0. The van der Waals surface area contributed by atoms with Crippen molar-refractivity contribution in [2.45, 2.75) is 58.5 Å². The molecule has 0 spiro atoms. The predicted octanol–water partition coefficient (Wildman–Crippen LogP) is 2.23. The van der Waals surface area contributed by atoms with Gasteiger partial charge in [-0.2, -0.15) is 0 Å². The molecule has 0 aromatic carbocycles. The fourth-order valence-electron chi connectivity index (χ4n) is 3.24. The Balaban J connectivity index is 1.87. The zero-order valence-electron chi connectivity index (χ0n) is 12.0. The third kappa shape index (κ3) is 3.55. The summed E-state index contributed by atoms with van der Waals surface area (Å²) in [6, 6.07) is 0. The minimum Gasteiger partial charge on any atom is -0.390 e. The zero-order valence-corrected chi connectivity index (χ0v) is 12.0. The number of Topliss-reactive ketones (excluding diaryl/α,β-unsaturated/α-hetero) is 1. The lowest BCUT2D eigenvalue weighted by Crippen LogP contribution is -2.46. The Morgan fingerprint density at radius 2 is 1.83 bits per heavy atom. The molecule has 18 heavy (non-hydrogen) atoms. The van der Waals surface area contributed by atoms with Crippen molar-refractivity contribution in [2.24, 2.45) is 11.3 Å². The highest BCUT2D eigenvalue weighted by Gasteiger charge is 2.36. The van der Waals surface area contributed by atoms with Gasteiger partial charge in [0.15, 0.2) is 0 Å². The second kappa shape index (κ2) is 4.93. The van der Waals surface area contributed by atoms with Gasteiger partial charge >= 0.3 is 0 Å². The lowest BCUT2D eigenvalue weighted by molar-refractivity contribution is -0.128. The van der Waals surface area contributed by atoms with Crippen LogP contribution in [-0.4, -0.2) is 41.0 Å². The van der Waals surface area contributed by atoms with Crippen LogP contribution in [0.2, 0.25) is 0 Å². The van der Waals surface area contributed by atoms with Gasteiger partial charge in [0, 0.05) is 32.0 Å². The Hall–Kier alpha value is -0.410. The average molecular weight is 253 g/mol. The molecule has 1 atom stereocenters. The molecule has 0 aromatic heterocycles. The number of nitrogens with zero attached hydrogens (tertiary/aromatic N) is 1. The summed E-state index contributed by atoms with van der Waals surface area (Å²) in [7, 11) is 0. The molecule has 3 heteroatoms. The Bertz CT molecular complexity index is 312. The summed E-state index contributed by atoms with van der Waals surface area (Å²) in [5, 5.41) is 9.94. The number of piperidine rings is 1. The van der Waals surface area contributed by atoms with E-state index < -0.39 is 5.60 Å². The van der Waals surface area contributed by atoms with Gasteiger partial charge in [-0.1, -0.05) is 13.8 Å². The second-order valence-electron chi connectivity index (χ2n) is 7.33. The van der Waals surface area contributed by atoms with Gasteiger partial charge in [0.2, 0.25) is 0 Å². The molecule has 1 aliphatic carbocycles. The van der Waals surface area contributed by atoms with Crippen molar-refractivity contribution in [3.63, 3.8) is 0 Å². The van der Waals surface area contributed by atoms with Crippen molar-refractivity contribution in [2.75, 3.05) is 19.6 Å². The van der Waals surface area contributed by atoms with Gasteiger partial charge in [-0.25, -0.2) is 0 Å². The molecular weight excluding hydrogens is 226 g/mol. The van der Waals surface area contributed by atoms with E-state index >= 15 is 0 Å². The first kappa shape index (κ1) is 14.0. The van der Waals surface area contributed by atoms with Crippen LogP contribution in [0.1, 0.15) is 52.9 Å². The Kier molecular flexibility index (Phi) is 3.84. The third-order valence-corrected chi connectivity index (χ3v) is 4.71. The number of aliphatic hydroxyl groups is 1. The number of rotatable bonds is 2. The van der Waals surface area contributed by atoms with Crippen LogP contribution in [0.15, 0.2) is 0 Å². The zero-order chi connectivity index (χ0) is 13.4. The summed E-state index contributed by atoms with van der Waals surface area (Å²) in [5.41, 5.74) is -0.174. The van der Waals surface area contributed by atoms with E-state index in [1.54, 1.807) is 0 Å². The van der Waals surface area contributed by atoms with Crippen LogP contribution in [0.25, 0.3) is 0 Å². The van der Waals surface area contributed by atoms with Crippen LogP contribution in [0, 0.1) is 11.3 Å². The average Bonchev–Trinajstić information content (AvgIpc) is 2.26. The van der Waals surface area contributed by atoms with Crippen molar-refractivity contribution >= 4 is 5.78 Å². The quantitative estimate of drug-likeness (QED) is 0.820. The first-order chi connectivity index (χ1) is 8.27. The highest BCUT2D eigenvalue weighted by atomic mass is 16.3. The molecule has 1 N–H and O–H groups in total. The Morgan fingerprint density at radius 1 is 1.22 bits per heavy atom. The van der Waals surface area contributed by atoms with Crippen LogP contribution in [0.5, 0.6) is 0 Å². The molecule has 0 aromatic rings. The first-order valence-corrected chi connectivity index (χ1v) is 7.25. The molecule has 1 aliphatic heterocycles. The molecule has 3 nitrogen and oxygen atoms in total. The normalized spacial score (nSPS) is 32.4. The van der Waals surface area contributed by atoms with Gasteiger partial charge in [-0.15, -0.1) is 0 Å². The number of hydrogen-bond acceptors (Lipinski definition) is 3. The van der Waals surface area contributed by atoms with Gasteiger partial charge in [0.05, 0.1) is 5.60 Å². The number of carbonyl (C=O) groups is 1. The van der Waals surface area contributed by atoms with E-state index in [9.17, 15) is 9.90 Å². The molecule has 1 saturated heterocycles. The fraction of sp³-hybridized carbons (Fsp3) is 0.933. The Morgan fingerprint density at radius 3 is 2.44 bits per heavy atom. The highest BCUT2D eigenvalue weighted by molar-refractivity contribution is 5.82. The lowest BCUT2D eigenvalue weighted by atomic mass is 9.71. The minimum absolute atomic E-state index is 0.219. The van der Waals surface area contributed by atoms with Gasteiger partial charge in [-0.05, 0) is 38.0 Å². The van der Waals surface area contributed by atoms with E-state index in [0.29, 0.717) is 11.2 Å². The smallest absolute Gasteiger partial charge is 0.137 e. The number of likely N-dealkylation sites (tertiary alicyclic amines) is 1. The molecule has 0 amide bonds. The summed E-state index contributed by atoms with van der Waals surface area (Å²) in [4.78, 5) is 14.4. The van der Waals surface area contributed by atoms with Gasteiger partial charge in [0.1, 0.15) is 5.78 Å². The number of carbonyl (C=O) groups excluding carboxylic acids is 1. The number of hydrogen-bond donors (Lipinski definition) is 1. The van der Waals surface area contributed by atoms with Gasteiger partial charge in [0.25, 0.3) is 0 Å². The van der Waals surface area contributed by atoms with E-state index in [1.807, 2.05) is 6.92 Å². The van der Waals surface area contributed by atoms with Crippen LogP contribution in [0.4, 0.5) is 0 Å².